The number of alkyl halides is 4. The topological polar surface area (TPSA) is 54.0 Å². The standard InChI is InChI=1S/C28H28F4IN3O/c29-23-14-21(13-22(15-23)28(30,31)32)27(16-19-7-3-1-4-8-19,25-12-11-20(17-33)18-34-25)36-26(37)35-24-9-5-2-6-10-24/h1,3-4,7-8,11-15,18,24H,2,5-6,9-10,16-17H2,(H2,35,36,37). The van der Waals surface area contributed by atoms with E-state index in [1.54, 1.807) is 12.3 Å². The van der Waals surface area contributed by atoms with Crippen molar-refractivity contribution in [2.24, 2.45) is 0 Å². The van der Waals surface area contributed by atoms with Crippen LogP contribution < -0.4 is 10.6 Å². The molecule has 0 aliphatic heterocycles. The Balaban J connectivity index is 1.87. The molecule has 2 aromatic carbocycles. The average Bonchev–Trinajstić information content (AvgIpc) is 2.88. The molecule has 1 saturated carbocycles. The first-order valence-electron chi connectivity index (χ1n) is 12.2. The number of pyridine rings is 1. The summed E-state index contributed by atoms with van der Waals surface area (Å²) in [5.74, 6) is -1.04. The lowest BCUT2D eigenvalue weighted by Crippen LogP contribution is -2.54. The minimum Gasteiger partial charge on any atom is -0.335 e. The lowest BCUT2D eigenvalue weighted by atomic mass is 9.79. The van der Waals surface area contributed by atoms with Gasteiger partial charge in [-0.2, -0.15) is 13.2 Å². The van der Waals surface area contributed by atoms with Crippen molar-refractivity contribution in [1.82, 2.24) is 15.6 Å². The van der Waals surface area contributed by atoms with Crippen LogP contribution >= 0.6 is 22.6 Å². The summed E-state index contributed by atoms with van der Waals surface area (Å²) in [4.78, 5) is 18.0. The molecule has 2 amide bonds. The zero-order chi connectivity index (χ0) is 26.5. The van der Waals surface area contributed by atoms with E-state index in [0.717, 1.165) is 55.4 Å². The average molecular weight is 625 g/mol. The highest BCUT2D eigenvalue weighted by atomic mass is 127. The van der Waals surface area contributed by atoms with Crippen molar-refractivity contribution in [3.05, 3.63) is 101 Å². The fourth-order valence-corrected chi connectivity index (χ4v) is 5.29. The van der Waals surface area contributed by atoms with E-state index in [2.05, 4.69) is 38.2 Å². The van der Waals surface area contributed by atoms with E-state index in [-0.39, 0.29) is 18.0 Å². The SMILES string of the molecule is O=C(NC1CCCCC1)NC(Cc1ccccc1)(c1cc(F)cc(C(F)(F)F)c1)c1ccc(CI)cn1. The number of aromatic nitrogens is 1. The van der Waals surface area contributed by atoms with E-state index in [1.165, 1.54) is 0 Å². The van der Waals surface area contributed by atoms with Gasteiger partial charge in [-0.1, -0.05) is 78.3 Å². The van der Waals surface area contributed by atoms with E-state index in [9.17, 15) is 22.4 Å². The second kappa shape index (κ2) is 11.8. The van der Waals surface area contributed by atoms with Crippen LogP contribution in [0.1, 0.15) is 60.1 Å². The third-order valence-electron chi connectivity index (χ3n) is 6.71. The number of rotatable bonds is 7. The molecular formula is C28H28F4IN3O. The van der Waals surface area contributed by atoms with Crippen LogP contribution in [-0.2, 0) is 22.6 Å². The molecule has 0 saturated heterocycles. The number of urea groups is 1. The molecule has 9 heteroatoms. The molecule has 1 fully saturated rings. The third kappa shape index (κ3) is 6.80. The van der Waals surface area contributed by atoms with E-state index in [0.29, 0.717) is 16.2 Å². The fourth-order valence-electron chi connectivity index (χ4n) is 4.84. The van der Waals surface area contributed by atoms with Gasteiger partial charge in [0.2, 0.25) is 0 Å². The first kappa shape index (κ1) is 27.3. The number of amides is 2. The maximum absolute atomic E-state index is 14.7. The summed E-state index contributed by atoms with van der Waals surface area (Å²) in [5, 5.41) is 5.94. The number of carbonyl (C=O) groups excluding carboxylic acids is 1. The highest BCUT2D eigenvalue weighted by molar-refractivity contribution is 14.1. The number of halogens is 5. The lowest BCUT2D eigenvalue weighted by molar-refractivity contribution is -0.137. The monoisotopic (exact) mass is 625 g/mol. The van der Waals surface area contributed by atoms with Crippen molar-refractivity contribution in [2.45, 2.75) is 60.7 Å². The van der Waals surface area contributed by atoms with Crippen LogP contribution in [-0.4, -0.2) is 17.1 Å². The van der Waals surface area contributed by atoms with Crippen LogP contribution in [0.4, 0.5) is 22.4 Å². The zero-order valence-corrected chi connectivity index (χ0v) is 22.3. The van der Waals surface area contributed by atoms with E-state index >= 15 is 0 Å². The summed E-state index contributed by atoms with van der Waals surface area (Å²) < 4.78 is 56.7. The predicted molar refractivity (Wildman–Crippen MR) is 143 cm³/mol. The number of carbonyl (C=O) groups is 1. The molecule has 1 heterocycles. The molecule has 196 valence electrons. The summed E-state index contributed by atoms with van der Waals surface area (Å²) in [5.41, 5.74) is -0.734. The smallest absolute Gasteiger partial charge is 0.335 e. The number of hydrogen-bond acceptors (Lipinski definition) is 2. The van der Waals surface area contributed by atoms with Crippen molar-refractivity contribution < 1.29 is 22.4 Å². The molecule has 0 radical (unpaired) electrons. The second-order valence-electron chi connectivity index (χ2n) is 9.41. The normalized spacial score (nSPS) is 16.1. The molecule has 1 aliphatic rings. The Morgan fingerprint density at radius 1 is 0.946 bits per heavy atom. The zero-order valence-electron chi connectivity index (χ0n) is 20.1. The Hall–Kier alpha value is -2.69. The maximum Gasteiger partial charge on any atom is 0.416 e. The number of benzene rings is 2. The predicted octanol–water partition coefficient (Wildman–Crippen LogP) is 7.29. The van der Waals surface area contributed by atoms with Crippen LogP contribution in [0.3, 0.4) is 0 Å². The fraction of sp³-hybridized carbons (Fsp3) is 0.357. The van der Waals surface area contributed by atoms with Gasteiger partial charge in [-0.05, 0) is 53.8 Å². The molecule has 4 rings (SSSR count). The van der Waals surface area contributed by atoms with Crippen molar-refractivity contribution in [1.29, 1.82) is 0 Å². The van der Waals surface area contributed by atoms with E-state index in [1.807, 2.05) is 36.4 Å². The van der Waals surface area contributed by atoms with Gasteiger partial charge in [0.25, 0.3) is 0 Å². The van der Waals surface area contributed by atoms with E-state index < -0.39 is 29.1 Å². The molecule has 0 spiro atoms. The molecule has 3 aromatic rings. The van der Waals surface area contributed by atoms with Gasteiger partial charge in [-0.3, -0.25) is 4.98 Å². The van der Waals surface area contributed by atoms with Gasteiger partial charge in [0.15, 0.2) is 0 Å². The van der Waals surface area contributed by atoms with Gasteiger partial charge in [0.05, 0.1) is 11.3 Å². The highest BCUT2D eigenvalue weighted by Gasteiger charge is 2.41. The largest absolute Gasteiger partial charge is 0.416 e. The molecule has 1 aromatic heterocycles. The van der Waals surface area contributed by atoms with Crippen LogP contribution in [0, 0.1) is 5.82 Å². The Morgan fingerprint density at radius 3 is 2.27 bits per heavy atom. The quantitative estimate of drug-likeness (QED) is 0.165. The van der Waals surface area contributed by atoms with Crippen molar-refractivity contribution in [3.8, 4) is 0 Å². The highest BCUT2D eigenvalue weighted by Crippen LogP contribution is 2.38. The number of hydrogen-bond donors (Lipinski definition) is 2. The summed E-state index contributed by atoms with van der Waals surface area (Å²) >= 11 is 2.19. The number of nitrogens with zero attached hydrogens (tertiary/aromatic N) is 1. The summed E-state index contributed by atoms with van der Waals surface area (Å²) in [6, 6.07) is 14.4. The molecule has 2 N–H and O–H groups in total. The van der Waals surface area contributed by atoms with Gasteiger partial charge in [0, 0.05) is 23.1 Å². The van der Waals surface area contributed by atoms with Crippen LogP contribution in [0.5, 0.6) is 0 Å². The Bertz CT molecular complexity index is 1200. The summed E-state index contributed by atoms with van der Waals surface area (Å²) in [6.45, 7) is 0. The van der Waals surface area contributed by atoms with Gasteiger partial charge >= 0.3 is 12.2 Å². The molecule has 37 heavy (non-hydrogen) atoms. The van der Waals surface area contributed by atoms with Gasteiger partial charge in [-0.15, -0.1) is 0 Å². The maximum atomic E-state index is 14.7. The number of nitrogens with one attached hydrogen (secondary N) is 2. The van der Waals surface area contributed by atoms with E-state index in [4.69, 9.17) is 0 Å². The first-order valence-corrected chi connectivity index (χ1v) is 13.7. The van der Waals surface area contributed by atoms with Crippen LogP contribution in [0.2, 0.25) is 0 Å². The molecule has 1 atom stereocenters. The van der Waals surface area contributed by atoms with Crippen molar-refractivity contribution in [2.75, 3.05) is 0 Å². The minimum atomic E-state index is -4.77. The summed E-state index contributed by atoms with van der Waals surface area (Å²) in [6.07, 6.45) is 1.71. The molecular weight excluding hydrogens is 597 g/mol. The van der Waals surface area contributed by atoms with Crippen molar-refractivity contribution >= 4 is 28.6 Å². The lowest BCUT2D eigenvalue weighted by Gasteiger charge is -2.36. The van der Waals surface area contributed by atoms with Gasteiger partial charge < -0.3 is 10.6 Å². The third-order valence-corrected chi connectivity index (χ3v) is 7.59. The van der Waals surface area contributed by atoms with Crippen molar-refractivity contribution in [3.63, 3.8) is 0 Å². The molecule has 1 aliphatic carbocycles. The summed E-state index contributed by atoms with van der Waals surface area (Å²) in [7, 11) is 0. The minimum absolute atomic E-state index is 0.0304. The Morgan fingerprint density at radius 2 is 1.65 bits per heavy atom. The van der Waals surface area contributed by atoms with Crippen LogP contribution in [0.15, 0.2) is 66.9 Å². The van der Waals surface area contributed by atoms with Crippen LogP contribution in [0.25, 0.3) is 0 Å². The Kier molecular flexibility index (Phi) is 8.71. The Labute approximate surface area is 227 Å². The van der Waals surface area contributed by atoms with Gasteiger partial charge in [0.1, 0.15) is 11.4 Å². The molecule has 4 nitrogen and oxygen atoms in total. The van der Waals surface area contributed by atoms with Gasteiger partial charge in [-0.25, -0.2) is 9.18 Å². The first-order chi connectivity index (χ1) is 17.7. The molecule has 0 bridgehead atoms. The second-order valence-corrected chi connectivity index (χ2v) is 10.2. The molecule has 1 unspecified atom stereocenters.